The van der Waals surface area contributed by atoms with E-state index in [0.29, 0.717) is 36.9 Å². The second-order valence-electron chi connectivity index (χ2n) is 7.49. The lowest BCUT2D eigenvalue weighted by atomic mass is 10.0. The number of nitrogens with one attached hydrogen (secondary N) is 1. The lowest BCUT2D eigenvalue weighted by molar-refractivity contribution is 0.0914. The molecule has 7 nitrogen and oxygen atoms in total. The number of ether oxygens (including phenoxy) is 1. The number of benzene rings is 1. The van der Waals surface area contributed by atoms with Crippen LogP contribution in [0.4, 0.5) is 0 Å². The fourth-order valence-electron chi connectivity index (χ4n) is 3.40. The molecule has 1 N–H and O–H groups in total. The van der Waals surface area contributed by atoms with E-state index in [1.807, 2.05) is 18.2 Å². The minimum absolute atomic E-state index is 0.0633. The van der Waals surface area contributed by atoms with E-state index in [1.54, 1.807) is 29.6 Å². The van der Waals surface area contributed by atoms with Gasteiger partial charge >= 0.3 is 0 Å². The van der Waals surface area contributed by atoms with Crippen molar-refractivity contribution in [2.24, 2.45) is 5.92 Å². The molecule has 1 aliphatic heterocycles. The molecule has 1 aliphatic rings. The van der Waals surface area contributed by atoms with Crippen LogP contribution in [0.25, 0.3) is 0 Å². The van der Waals surface area contributed by atoms with E-state index in [4.69, 9.17) is 9.15 Å². The SMILES string of the molecule is COCc1ccc(C(=O)NCc2ccccc2CS(=O)(=O)N2CCC(C)CC2)o1. The molecule has 0 aliphatic carbocycles. The van der Waals surface area contributed by atoms with Gasteiger partial charge in [-0.25, -0.2) is 12.7 Å². The van der Waals surface area contributed by atoms with Crippen molar-refractivity contribution in [2.45, 2.75) is 38.7 Å². The number of amides is 1. The predicted molar refractivity (Wildman–Crippen MR) is 110 cm³/mol. The molecule has 1 fully saturated rings. The molecule has 0 unspecified atom stereocenters. The minimum Gasteiger partial charge on any atom is -0.453 e. The number of carbonyl (C=O) groups excluding carboxylic acids is 1. The fraction of sp³-hybridized carbons (Fsp3) is 0.476. The maximum absolute atomic E-state index is 12.8. The normalized spacial score (nSPS) is 16.1. The highest BCUT2D eigenvalue weighted by Crippen LogP contribution is 2.22. The van der Waals surface area contributed by atoms with E-state index in [9.17, 15) is 13.2 Å². The van der Waals surface area contributed by atoms with E-state index >= 15 is 0 Å². The van der Waals surface area contributed by atoms with Crippen molar-refractivity contribution in [3.8, 4) is 0 Å². The molecule has 0 bridgehead atoms. The molecular formula is C21H28N2O5S. The third-order valence-electron chi connectivity index (χ3n) is 5.20. The Morgan fingerprint density at radius 3 is 2.55 bits per heavy atom. The van der Waals surface area contributed by atoms with E-state index < -0.39 is 10.0 Å². The molecule has 1 amide bonds. The number of carbonyl (C=O) groups is 1. The predicted octanol–water partition coefficient (Wildman–Crippen LogP) is 2.92. The first kappa shape index (κ1) is 21.5. The maximum Gasteiger partial charge on any atom is 0.287 e. The van der Waals surface area contributed by atoms with Crippen LogP contribution in [0, 0.1) is 5.92 Å². The Bertz CT molecular complexity index is 930. The zero-order valence-corrected chi connectivity index (χ0v) is 17.7. The van der Waals surface area contributed by atoms with Crippen molar-refractivity contribution in [1.29, 1.82) is 0 Å². The van der Waals surface area contributed by atoms with Gasteiger partial charge in [-0.05, 0) is 42.0 Å². The van der Waals surface area contributed by atoms with Crippen molar-refractivity contribution >= 4 is 15.9 Å². The smallest absolute Gasteiger partial charge is 0.287 e. The van der Waals surface area contributed by atoms with Crippen LogP contribution in [0.3, 0.4) is 0 Å². The lowest BCUT2D eigenvalue weighted by Crippen LogP contribution is -2.38. The summed E-state index contributed by atoms with van der Waals surface area (Å²) in [5.41, 5.74) is 1.48. The number of hydrogen-bond acceptors (Lipinski definition) is 5. The van der Waals surface area contributed by atoms with Gasteiger partial charge in [0.1, 0.15) is 12.4 Å². The first-order chi connectivity index (χ1) is 13.9. The molecule has 2 aromatic rings. The van der Waals surface area contributed by atoms with Gasteiger partial charge in [-0.1, -0.05) is 31.2 Å². The van der Waals surface area contributed by atoms with Crippen molar-refractivity contribution in [3.05, 3.63) is 59.0 Å². The van der Waals surface area contributed by atoms with Gasteiger partial charge in [0, 0.05) is 26.7 Å². The molecule has 3 rings (SSSR count). The molecule has 158 valence electrons. The van der Waals surface area contributed by atoms with E-state index in [-0.39, 0.29) is 24.0 Å². The van der Waals surface area contributed by atoms with E-state index in [0.717, 1.165) is 18.4 Å². The molecule has 0 saturated carbocycles. The molecular weight excluding hydrogens is 392 g/mol. The number of hydrogen-bond donors (Lipinski definition) is 1. The third kappa shape index (κ3) is 5.68. The van der Waals surface area contributed by atoms with Gasteiger partial charge in [-0.3, -0.25) is 4.79 Å². The Balaban J connectivity index is 1.64. The van der Waals surface area contributed by atoms with Crippen LogP contribution >= 0.6 is 0 Å². The van der Waals surface area contributed by atoms with Crippen LogP contribution in [0.1, 0.15) is 47.2 Å². The summed E-state index contributed by atoms with van der Waals surface area (Å²) in [4.78, 5) is 12.3. The summed E-state index contributed by atoms with van der Waals surface area (Å²) in [5.74, 6) is 0.918. The number of nitrogens with zero attached hydrogens (tertiary/aromatic N) is 1. The Hall–Kier alpha value is -2.16. The first-order valence-electron chi connectivity index (χ1n) is 9.79. The van der Waals surface area contributed by atoms with Crippen molar-refractivity contribution in [3.63, 3.8) is 0 Å². The molecule has 8 heteroatoms. The third-order valence-corrected chi connectivity index (χ3v) is 7.03. The number of sulfonamides is 1. The second kappa shape index (κ2) is 9.56. The Morgan fingerprint density at radius 1 is 1.17 bits per heavy atom. The van der Waals surface area contributed by atoms with E-state index in [2.05, 4.69) is 12.2 Å². The van der Waals surface area contributed by atoms with Crippen LogP contribution < -0.4 is 5.32 Å². The fourth-order valence-corrected chi connectivity index (χ4v) is 5.03. The van der Waals surface area contributed by atoms with Crippen LogP contribution in [0.2, 0.25) is 0 Å². The molecule has 0 radical (unpaired) electrons. The summed E-state index contributed by atoms with van der Waals surface area (Å²) in [6.45, 7) is 3.82. The summed E-state index contributed by atoms with van der Waals surface area (Å²) in [6.07, 6.45) is 1.79. The number of piperidine rings is 1. The highest BCUT2D eigenvalue weighted by atomic mass is 32.2. The molecule has 1 saturated heterocycles. The van der Waals surface area contributed by atoms with Gasteiger partial charge in [0.25, 0.3) is 5.91 Å². The second-order valence-corrected chi connectivity index (χ2v) is 9.46. The van der Waals surface area contributed by atoms with E-state index in [1.165, 1.54) is 0 Å². The zero-order chi connectivity index (χ0) is 20.9. The Labute approximate surface area is 172 Å². The number of rotatable bonds is 8. The summed E-state index contributed by atoms with van der Waals surface area (Å²) < 4.78 is 37.7. The zero-order valence-electron chi connectivity index (χ0n) is 16.9. The monoisotopic (exact) mass is 420 g/mol. The van der Waals surface area contributed by atoms with Crippen LogP contribution in [0.5, 0.6) is 0 Å². The molecule has 0 spiro atoms. The first-order valence-corrected chi connectivity index (χ1v) is 11.4. The van der Waals surface area contributed by atoms with Gasteiger partial charge in [0.2, 0.25) is 10.0 Å². The molecule has 1 aromatic heterocycles. The van der Waals surface area contributed by atoms with Gasteiger partial charge in [0.05, 0.1) is 5.75 Å². The Kier molecular flexibility index (Phi) is 7.10. The summed E-state index contributed by atoms with van der Waals surface area (Å²) in [5, 5.41) is 2.80. The van der Waals surface area contributed by atoms with Crippen LogP contribution in [0.15, 0.2) is 40.8 Å². The average Bonchev–Trinajstić information content (AvgIpc) is 3.16. The average molecular weight is 421 g/mol. The van der Waals surface area contributed by atoms with Crippen molar-refractivity contribution in [2.75, 3.05) is 20.2 Å². The Morgan fingerprint density at radius 2 is 1.86 bits per heavy atom. The minimum atomic E-state index is -3.39. The van der Waals surface area contributed by atoms with Crippen LogP contribution in [-0.2, 0) is 33.7 Å². The summed E-state index contributed by atoms with van der Waals surface area (Å²) in [6, 6.07) is 10.6. The number of furan rings is 1. The maximum atomic E-state index is 12.8. The lowest BCUT2D eigenvalue weighted by Gasteiger charge is -2.29. The summed E-state index contributed by atoms with van der Waals surface area (Å²) >= 11 is 0. The highest BCUT2D eigenvalue weighted by Gasteiger charge is 2.27. The highest BCUT2D eigenvalue weighted by molar-refractivity contribution is 7.88. The van der Waals surface area contributed by atoms with Crippen molar-refractivity contribution in [1.82, 2.24) is 9.62 Å². The van der Waals surface area contributed by atoms with Gasteiger partial charge in [0.15, 0.2) is 5.76 Å². The van der Waals surface area contributed by atoms with Gasteiger partial charge in [-0.15, -0.1) is 0 Å². The quantitative estimate of drug-likeness (QED) is 0.709. The largest absolute Gasteiger partial charge is 0.453 e. The molecule has 0 atom stereocenters. The molecule has 29 heavy (non-hydrogen) atoms. The summed E-state index contributed by atoms with van der Waals surface area (Å²) in [7, 11) is -1.83. The standard InChI is InChI=1S/C21H28N2O5S/c1-16-9-11-23(12-10-16)29(25,26)15-18-6-4-3-5-17(18)13-22-21(24)20-8-7-19(28-20)14-27-2/h3-8,16H,9-15H2,1-2H3,(H,22,24). The van der Waals surface area contributed by atoms with Crippen LogP contribution in [-0.4, -0.2) is 38.8 Å². The molecule has 1 aromatic carbocycles. The van der Waals surface area contributed by atoms with Gasteiger partial charge < -0.3 is 14.5 Å². The topological polar surface area (TPSA) is 88.8 Å². The molecule has 2 heterocycles. The van der Waals surface area contributed by atoms with Crippen molar-refractivity contribution < 1.29 is 22.4 Å². The van der Waals surface area contributed by atoms with Gasteiger partial charge in [-0.2, -0.15) is 0 Å². The number of methoxy groups -OCH3 is 1.